The fourth-order valence-corrected chi connectivity index (χ4v) is 4.64. The third-order valence-electron chi connectivity index (χ3n) is 4.82. The number of aliphatic hydroxyl groups is 1. The normalized spacial score (nSPS) is 16.9. The van der Waals surface area contributed by atoms with E-state index in [1.54, 1.807) is 18.2 Å². The van der Waals surface area contributed by atoms with Gasteiger partial charge in [0.05, 0.1) is 18.7 Å². The number of hydrogen-bond donors (Lipinski definition) is 1. The van der Waals surface area contributed by atoms with Crippen molar-refractivity contribution in [2.24, 2.45) is 0 Å². The van der Waals surface area contributed by atoms with Crippen LogP contribution in [0.25, 0.3) is 11.0 Å². The molecule has 0 radical (unpaired) electrons. The largest absolute Gasteiger partial charge is 0.503 e. The second kappa shape index (κ2) is 7.57. The maximum atomic E-state index is 13.4. The number of rotatable bonds is 6. The number of furan rings is 1. The van der Waals surface area contributed by atoms with E-state index in [2.05, 4.69) is 0 Å². The number of fused-ring (bicyclic) bond motifs is 1. The average Bonchev–Trinajstić information content (AvgIpc) is 3.42. The third-order valence-corrected chi connectivity index (χ3v) is 5.96. The molecular formula is C21H18ClNO5S. The second-order valence-corrected chi connectivity index (χ2v) is 8.06. The molecule has 1 aromatic carbocycles. The number of ketones is 1. The van der Waals surface area contributed by atoms with E-state index in [9.17, 15) is 14.7 Å². The van der Waals surface area contributed by atoms with Gasteiger partial charge >= 0.3 is 0 Å². The molecule has 0 spiro atoms. The summed E-state index contributed by atoms with van der Waals surface area (Å²) in [7, 11) is 1.48. The molecule has 8 heteroatoms. The molecule has 3 aromatic rings. The lowest BCUT2D eigenvalue weighted by molar-refractivity contribution is -0.129. The Morgan fingerprint density at radius 3 is 2.83 bits per heavy atom. The molecule has 29 heavy (non-hydrogen) atoms. The number of benzene rings is 1. The molecule has 3 heterocycles. The lowest BCUT2D eigenvalue weighted by atomic mass is 10.00. The lowest BCUT2D eigenvalue weighted by Gasteiger charge is -2.24. The van der Waals surface area contributed by atoms with Gasteiger partial charge in [-0.05, 0) is 30.0 Å². The van der Waals surface area contributed by atoms with Crippen LogP contribution >= 0.6 is 22.9 Å². The van der Waals surface area contributed by atoms with Gasteiger partial charge in [-0.25, -0.2) is 0 Å². The summed E-state index contributed by atoms with van der Waals surface area (Å²) in [5.74, 6) is -1.22. The summed E-state index contributed by atoms with van der Waals surface area (Å²) in [6, 6.07) is 7.85. The van der Waals surface area contributed by atoms with E-state index in [4.69, 9.17) is 20.8 Å². The van der Waals surface area contributed by atoms with Crippen LogP contribution in [0.1, 0.15) is 34.8 Å². The van der Waals surface area contributed by atoms with Gasteiger partial charge in [0.1, 0.15) is 0 Å². The summed E-state index contributed by atoms with van der Waals surface area (Å²) in [5, 5.41) is 13.5. The van der Waals surface area contributed by atoms with E-state index in [-0.39, 0.29) is 11.3 Å². The minimum atomic E-state index is -0.645. The molecule has 1 aliphatic rings. The number of methoxy groups -OCH3 is 1. The van der Waals surface area contributed by atoms with Crippen LogP contribution in [0.2, 0.25) is 5.02 Å². The first kappa shape index (κ1) is 19.5. The van der Waals surface area contributed by atoms with Crippen LogP contribution < -0.4 is 4.74 Å². The number of thiophene rings is 1. The van der Waals surface area contributed by atoms with Gasteiger partial charge in [0, 0.05) is 27.9 Å². The van der Waals surface area contributed by atoms with Crippen molar-refractivity contribution in [1.82, 2.24) is 4.90 Å². The van der Waals surface area contributed by atoms with Crippen LogP contribution in [-0.2, 0) is 4.79 Å². The number of carbonyl (C=O) groups is 2. The van der Waals surface area contributed by atoms with Gasteiger partial charge in [0.15, 0.2) is 22.9 Å². The Balaban J connectivity index is 1.82. The zero-order valence-corrected chi connectivity index (χ0v) is 17.3. The Labute approximate surface area is 175 Å². The highest BCUT2D eigenvalue weighted by Crippen LogP contribution is 2.42. The van der Waals surface area contributed by atoms with Crippen molar-refractivity contribution in [2.75, 3.05) is 13.7 Å². The van der Waals surface area contributed by atoms with Crippen LogP contribution in [0.3, 0.4) is 0 Å². The highest BCUT2D eigenvalue weighted by Gasteiger charge is 2.44. The van der Waals surface area contributed by atoms with Crippen LogP contribution in [0, 0.1) is 0 Å². The second-order valence-electron chi connectivity index (χ2n) is 6.64. The van der Waals surface area contributed by atoms with Crippen molar-refractivity contribution in [1.29, 1.82) is 0 Å². The number of halogens is 1. The fourth-order valence-electron chi connectivity index (χ4n) is 3.58. The summed E-state index contributed by atoms with van der Waals surface area (Å²) in [6.07, 6.45) is 0.697. The Hall–Kier alpha value is -2.77. The minimum Gasteiger partial charge on any atom is -0.503 e. The maximum absolute atomic E-state index is 13.4. The number of nitrogens with zero attached hydrogens (tertiary/aromatic N) is 1. The van der Waals surface area contributed by atoms with E-state index in [1.165, 1.54) is 23.3 Å². The van der Waals surface area contributed by atoms with E-state index in [0.29, 0.717) is 34.7 Å². The Morgan fingerprint density at radius 1 is 1.38 bits per heavy atom. The standard InChI is InChI=1S/C21H18ClNO5S/c1-3-6-23-17(15-5-4-7-29-15)16(19(25)21(23)26)18(24)13-9-11-8-12(22)10-14(27-2)20(11)28-13/h4-5,7-10,17,25H,3,6H2,1-2H3. The zero-order valence-electron chi connectivity index (χ0n) is 15.8. The monoisotopic (exact) mass is 431 g/mol. The molecule has 1 N–H and O–H groups in total. The van der Waals surface area contributed by atoms with Gasteiger partial charge in [-0.2, -0.15) is 0 Å². The van der Waals surface area contributed by atoms with E-state index in [0.717, 1.165) is 4.88 Å². The van der Waals surface area contributed by atoms with Gasteiger partial charge in [0.25, 0.3) is 5.91 Å². The number of amides is 1. The number of hydrogen-bond acceptors (Lipinski definition) is 6. The van der Waals surface area contributed by atoms with Crippen molar-refractivity contribution < 1.29 is 23.8 Å². The molecule has 0 bridgehead atoms. The predicted octanol–water partition coefficient (Wildman–Crippen LogP) is 5.14. The van der Waals surface area contributed by atoms with E-state index in [1.807, 2.05) is 24.4 Å². The topological polar surface area (TPSA) is 80.0 Å². The summed E-state index contributed by atoms with van der Waals surface area (Å²) >= 11 is 7.52. The molecule has 2 aromatic heterocycles. The molecule has 4 rings (SSSR count). The van der Waals surface area contributed by atoms with Gasteiger partial charge in [0.2, 0.25) is 5.78 Å². The molecule has 0 fully saturated rings. The first-order valence-corrected chi connectivity index (χ1v) is 10.3. The molecule has 0 aliphatic carbocycles. The molecular weight excluding hydrogens is 414 g/mol. The molecule has 0 saturated heterocycles. The molecule has 1 aliphatic heterocycles. The lowest BCUT2D eigenvalue weighted by Crippen LogP contribution is -2.31. The number of ether oxygens (including phenoxy) is 1. The number of carbonyl (C=O) groups excluding carboxylic acids is 2. The fraction of sp³-hybridized carbons (Fsp3) is 0.238. The van der Waals surface area contributed by atoms with Crippen molar-refractivity contribution in [2.45, 2.75) is 19.4 Å². The first-order valence-electron chi connectivity index (χ1n) is 9.05. The summed E-state index contributed by atoms with van der Waals surface area (Å²) in [6.45, 7) is 2.36. The quantitative estimate of drug-likeness (QED) is 0.546. The van der Waals surface area contributed by atoms with Crippen LogP contribution in [0.4, 0.5) is 0 Å². The average molecular weight is 432 g/mol. The highest BCUT2D eigenvalue weighted by molar-refractivity contribution is 7.10. The van der Waals surface area contributed by atoms with Crippen LogP contribution in [-0.4, -0.2) is 35.4 Å². The van der Waals surface area contributed by atoms with Gasteiger partial charge in [-0.15, -0.1) is 11.3 Å². The third kappa shape index (κ3) is 3.20. The Kier molecular flexibility index (Phi) is 5.10. The minimum absolute atomic E-state index is 0.00909. The van der Waals surface area contributed by atoms with Crippen molar-refractivity contribution in [3.8, 4) is 5.75 Å². The Morgan fingerprint density at radius 2 is 2.17 bits per heavy atom. The SMILES string of the molecule is CCCN1C(=O)C(O)=C(C(=O)c2cc3cc(Cl)cc(OC)c3o2)C1c1cccs1. The number of aliphatic hydroxyl groups excluding tert-OH is 1. The van der Waals surface area contributed by atoms with Crippen molar-refractivity contribution in [3.63, 3.8) is 0 Å². The van der Waals surface area contributed by atoms with Gasteiger partial charge < -0.3 is 19.2 Å². The molecule has 150 valence electrons. The summed E-state index contributed by atoms with van der Waals surface area (Å²) < 4.78 is 11.0. The summed E-state index contributed by atoms with van der Waals surface area (Å²) in [5.41, 5.74) is 0.401. The molecule has 1 unspecified atom stereocenters. The van der Waals surface area contributed by atoms with Gasteiger partial charge in [-0.1, -0.05) is 24.6 Å². The van der Waals surface area contributed by atoms with Crippen LogP contribution in [0.15, 0.2) is 51.5 Å². The number of Topliss-reactive ketones (excluding diaryl/α,β-unsaturated/α-hetero) is 1. The smallest absolute Gasteiger partial charge is 0.290 e. The maximum Gasteiger partial charge on any atom is 0.290 e. The predicted molar refractivity (Wildman–Crippen MR) is 111 cm³/mol. The molecule has 6 nitrogen and oxygen atoms in total. The van der Waals surface area contributed by atoms with Crippen LogP contribution in [0.5, 0.6) is 5.75 Å². The zero-order chi connectivity index (χ0) is 20.7. The van der Waals surface area contributed by atoms with Crippen molar-refractivity contribution >= 4 is 45.6 Å². The van der Waals surface area contributed by atoms with Gasteiger partial charge in [-0.3, -0.25) is 9.59 Å². The first-order chi connectivity index (χ1) is 14.0. The Bertz CT molecular complexity index is 1130. The van der Waals surface area contributed by atoms with Crippen molar-refractivity contribution in [3.05, 3.63) is 62.7 Å². The van der Waals surface area contributed by atoms with E-state index < -0.39 is 23.5 Å². The summed E-state index contributed by atoms with van der Waals surface area (Å²) in [4.78, 5) is 28.3. The molecule has 0 saturated carbocycles. The molecule has 1 atom stereocenters. The molecule has 1 amide bonds. The van der Waals surface area contributed by atoms with E-state index >= 15 is 0 Å². The highest BCUT2D eigenvalue weighted by atomic mass is 35.5.